The second-order valence-electron chi connectivity index (χ2n) is 5.17. The van der Waals surface area contributed by atoms with Crippen LogP contribution in [0.15, 0.2) is 29.4 Å². The second kappa shape index (κ2) is 7.14. The molecular formula is C15H20ClN3S. The Kier molecular flexibility index (Phi) is 5.49. The lowest BCUT2D eigenvalue weighted by Gasteiger charge is -2.12. The SMILES string of the molecule is CCCSc1nnc(-c2ccc(Cl)cc2)n1CC(C)C. The highest BCUT2D eigenvalue weighted by atomic mass is 35.5. The Morgan fingerprint density at radius 1 is 1.20 bits per heavy atom. The summed E-state index contributed by atoms with van der Waals surface area (Å²) >= 11 is 7.72. The Labute approximate surface area is 129 Å². The Hall–Kier alpha value is -1.00. The zero-order chi connectivity index (χ0) is 14.5. The molecule has 0 N–H and O–H groups in total. The largest absolute Gasteiger partial charge is 0.302 e. The van der Waals surface area contributed by atoms with Crippen molar-refractivity contribution in [1.29, 1.82) is 0 Å². The molecule has 0 radical (unpaired) electrons. The fourth-order valence-corrected chi connectivity index (χ4v) is 2.86. The third kappa shape index (κ3) is 3.76. The van der Waals surface area contributed by atoms with Crippen LogP contribution in [-0.4, -0.2) is 20.5 Å². The number of rotatable bonds is 6. The molecule has 0 bridgehead atoms. The second-order valence-corrected chi connectivity index (χ2v) is 6.66. The van der Waals surface area contributed by atoms with E-state index in [-0.39, 0.29) is 0 Å². The van der Waals surface area contributed by atoms with E-state index < -0.39 is 0 Å². The van der Waals surface area contributed by atoms with E-state index in [4.69, 9.17) is 11.6 Å². The molecule has 0 aliphatic heterocycles. The van der Waals surface area contributed by atoms with Gasteiger partial charge in [0.25, 0.3) is 0 Å². The summed E-state index contributed by atoms with van der Waals surface area (Å²) in [5.74, 6) is 2.55. The molecule has 20 heavy (non-hydrogen) atoms. The van der Waals surface area contributed by atoms with Gasteiger partial charge in [-0.3, -0.25) is 0 Å². The van der Waals surface area contributed by atoms with Gasteiger partial charge >= 0.3 is 0 Å². The maximum Gasteiger partial charge on any atom is 0.191 e. The molecule has 2 aromatic rings. The van der Waals surface area contributed by atoms with Crippen LogP contribution in [0.1, 0.15) is 27.2 Å². The Morgan fingerprint density at radius 2 is 1.90 bits per heavy atom. The third-order valence-corrected chi connectivity index (χ3v) is 4.23. The molecule has 3 nitrogen and oxygen atoms in total. The number of hydrogen-bond acceptors (Lipinski definition) is 3. The lowest BCUT2D eigenvalue weighted by molar-refractivity contribution is 0.498. The smallest absolute Gasteiger partial charge is 0.191 e. The molecule has 0 aliphatic rings. The zero-order valence-electron chi connectivity index (χ0n) is 12.1. The van der Waals surface area contributed by atoms with Crippen molar-refractivity contribution < 1.29 is 0 Å². The van der Waals surface area contributed by atoms with Crippen molar-refractivity contribution in [3.05, 3.63) is 29.3 Å². The Morgan fingerprint density at radius 3 is 2.50 bits per heavy atom. The molecular weight excluding hydrogens is 290 g/mol. The standard InChI is InChI=1S/C15H20ClN3S/c1-4-9-20-15-18-17-14(19(15)10-11(2)3)12-5-7-13(16)8-6-12/h5-8,11H,4,9-10H2,1-3H3. The molecule has 0 amide bonds. The molecule has 1 heterocycles. The van der Waals surface area contributed by atoms with Gasteiger partial charge in [-0.25, -0.2) is 0 Å². The van der Waals surface area contributed by atoms with Crippen molar-refractivity contribution in [2.75, 3.05) is 5.75 Å². The number of halogens is 1. The summed E-state index contributed by atoms with van der Waals surface area (Å²) in [5, 5.41) is 10.5. The minimum Gasteiger partial charge on any atom is -0.302 e. The quantitative estimate of drug-likeness (QED) is 0.721. The van der Waals surface area contributed by atoms with Gasteiger partial charge in [-0.1, -0.05) is 44.1 Å². The molecule has 1 aromatic carbocycles. The lowest BCUT2D eigenvalue weighted by Crippen LogP contribution is -2.07. The van der Waals surface area contributed by atoms with Gasteiger partial charge in [-0.2, -0.15) is 0 Å². The predicted molar refractivity (Wildman–Crippen MR) is 86.3 cm³/mol. The number of nitrogens with zero attached hydrogens (tertiary/aromatic N) is 3. The van der Waals surface area contributed by atoms with Crippen LogP contribution in [0.5, 0.6) is 0 Å². The fraction of sp³-hybridized carbons (Fsp3) is 0.467. The van der Waals surface area contributed by atoms with E-state index in [1.807, 2.05) is 24.3 Å². The molecule has 0 unspecified atom stereocenters. The summed E-state index contributed by atoms with van der Waals surface area (Å²) in [6.45, 7) is 7.52. The Bertz CT molecular complexity index is 549. The van der Waals surface area contributed by atoms with Gasteiger partial charge < -0.3 is 4.57 Å². The molecule has 0 saturated carbocycles. The third-order valence-electron chi connectivity index (χ3n) is 2.80. The maximum atomic E-state index is 5.95. The van der Waals surface area contributed by atoms with Crippen molar-refractivity contribution in [3.63, 3.8) is 0 Å². The summed E-state index contributed by atoms with van der Waals surface area (Å²) in [6, 6.07) is 7.78. The normalized spacial score (nSPS) is 11.2. The summed E-state index contributed by atoms with van der Waals surface area (Å²) in [7, 11) is 0. The maximum absolute atomic E-state index is 5.95. The van der Waals surface area contributed by atoms with E-state index in [9.17, 15) is 0 Å². The van der Waals surface area contributed by atoms with Gasteiger partial charge in [-0.15, -0.1) is 10.2 Å². The molecule has 1 aromatic heterocycles. The highest BCUT2D eigenvalue weighted by Crippen LogP contribution is 2.26. The van der Waals surface area contributed by atoms with E-state index >= 15 is 0 Å². The molecule has 0 aliphatic carbocycles. The summed E-state index contributed by atoms with van der Waals surface area (Å²) in [5.41, 5.74) is 1.06. The van der Waals surface area contributed by atoms with Gasteiger partial charge in [0, 0.05) is 22.9 Å². The van der Waals surface area contributed by atoms with E-state index in [2.05, 4.69) is 35.5 Å². The monoisotopic (exact) mass is 309 g/mol. The van der Waals surface area contributed by atoms with Crippen LogP contribution in [0, 0.1) is 5.92 Å². The molecule has 2 rings (SSSR count). The number of thioether (sulfide) groups is 1. The summed E-state index contributed by atoms with van der Waals surface area (Å²) < 4.78 is 2.22. The lowest BCUT2D eigenvalue weighted by atomic mass is 10.2. The van der Waals surface area contributed by atoms with Gasteiger partial charge in [-0.05, 0) is 36.6 Å². The van der Waals surface area contributed by atoms with E-state index in [1.165, 1.54) is 0 Å². The van der Waals surface area contributed by atoms with E-state index in [1.54, 1.807) is 11.8 Å². The van der Waals surface area contributed by atoms with Gasteiger partial charge in [0.2, 0.25) is 0 Å². The van der Waals surface area contributed by atoms with Crippen molar-refractivity contribution in [3.8, 4) is 11.4 Å². The van der Waals surface area contributed by atoms with Gasteiger partial charge in [0.1, 0.15) is 0 Å². The summed E-state index contributed by atoms with van der Waals surface area (Å²) in [4.78, 5) is 0. The molecule has 0 spiro atoms. The van der Waals surface area contributed by atoms with Crippen molar-refractivity contribution in [1.82, 2.24) is 14.8 Å². The molecule has 0 fully saturated rings. The van der Waals surface area contributed by atoms with E-state index in [0.29, 0.717) is 5.92 Å². The molecule has 108 valence electrons. The molecule has 0 saturated heterocycles. The van der Waals surface area contributed by atoms with Crippen molar-refractivity contribution in [2.45, 2.75) is 38.9 Å². The first-order valence-corrected chi connectivity index (χ1v) is 8.30. The van der Waals surface area contributed by atoms with Crippen LogP contribution in [0.25, 0.3) is 11.4 Å². The molecule has 5 heteroatoms. The number of hydrogen-bond donors (Lipinski definition) is 0. The first-order valence-electron chi connectivity index (χ1n) is 6.93. The van der Waals surface area contributed by atoms with Crippen LogP contribution in [0.3, 0.4) is 0 Å². The van der Waals surface area contributed by atoms with Crippen LogP contribution >= 0.6 is 23.4 Å². The van der Waals surface area contributed by atoms with Gasteiger partial charge in [0.15, 0.2) is 11.0 Å². The van der Waals surface area contributed by atoms with Crippen LogP contribution < -0.4 is 0 Å². The van der Waals surface area contributed by atoms with Crippen molar-refractivity contribution >= 4 is 23.4 Å². The van der Waals surface area contributed by atoms with Crippen LogP contribution in [0.2, 0.25) is 5.02 Å². The number of aromatic nitrogens is 3. The predicted octanol–water partition coefficient (Wildman–Crippen LogP) is 4.76. The minimum absolute atomic E-state index is 0.554. The first-order chi connectivity index (χ1) is 9.61. The minimum atomic E-state index is 0.554. The van der Waals surface area contributed by atoms with Crippen molar-refractivity contribution in [2.24, 2.45) is 5.92 Å². The average Bonchev–Trinajstić information content (AvgIpc) is 2.79. The average molecular weight is 310 g/mol. The van der Waals surface area contributed by atoms with Crippen LogP contribution in [0.4, 0.5) is 0 Å². The Balaban J connectivity index is 2.36. The highest BCUT2D eigenvalue weighted by Gasteiger charge is 2.15. The van der Waals surface area contributed by atoms with Crippen LogP contribution in [-0.2, 0) is 6.54 Å². The molecule has 0 atom stereocenters. The highest BCUT2D eigenvalue weighted by molar-refractivity contribution is 7.99. The van der Waals surface area contributed by atoms with Gasteiger partial charge in [0.05, 0.1) is 0 Å². The topological polar surface area (TPSA) is 30.7 Å². The van der Waals surface area contributed by atoms with E-state index in [0.717, 1.165) is 40.3 Å². The zero-order valence-corrected chi connectivity index (χ0v) is 13.7. The summed E-state index contributed by atoms with van der Waals surface area (Å²) in [6.07, 6.45) is 1.13. The fourth-order valence-electron chi connectivity index (χ4n) is 1.93. The first kappa shape index (κ1) is 15.4. The number of benzene rings is 1.